The summed E-state index contributed by atoms with van der Waals surface area (Å²) in [5.41, 5.74) is 6.12. The minimum Gasteiger partial charge on any atom is -0.320 e. The number of hydrogen-bond acceptors (Lipinski definition) is 2. The van der Waals surface area contributed by atoms with E-state index in [-0.39, 0.29) is 0 Å². The number of hydrogen-bond donors (Lipinski definition) is 1. The third kappa shape index (κ3) is 2.03. The molecule has 0 amide bonds. The van der Waals surface area contributed by atoms with E-state index >= 15 is 0 Å². The van der Waals surface area contributed by atoms with Crippen molar-refractivity contribution in [2.75, 3.05) is 6.54 Å². The molecule has 52 valence electrons. The van der Waals surface area contributed by atoms with Crippen LogP contribution in [-0.4, -0.2) is 6.54 Å². The van der Waals surface area contributed by atoms with Crippen molar-refractivity contribution in [3.8, 4) is 11.8 Å². The van der Waals surface area contributed by atoms with Crippen molar-refractivity contribution in [1.29, 1.82) is 0 Å². The lowest BCUT2D eigenvalue weighted by Gasteiger charge is -1.73. The minimum atomic E-state index is 0.396. The van der Waals surface area contributed by atoms with Crippen LogP contribution < -0.4 is 5.73 Å². The van der Waals surface area contributed by atoms with Gasteiger partial charge in [-0.3, -0.25) is 0 Å². The van der Waals surface area contributed by atoms with Crippen LogP contribution in [0.15, 0.2) is 11.4 Å². The maximum atomic E-state index is 5.66. The van der Waals surface area contributed by atoms with Crippen molar-refractivity contribution < 1.29 is 0 Å². The van der Waals surface area contributed by atoms with Gasteiger partial charge >= 0.3 is 0 Å². The highest BCUT2D eigenvalue weighted by molar-refractivity contribution is 7.14. The third-order valence-electron chi connectivity index (χ3n) is 0.902. The molecule has 1 aromatic rings. The zero-order chi connectivity index (χ0) is 7.40. The molecule has 0 unspecified atom stereocenters. The lowest BCUT2D eigenvalue weighted by Crippen LogP contribution is -1.92. The van der Waals surface area contributed by atoms with E-state index in [4.69, 9.17) is 17.3 Å². The first-order valence-electron chi connectivity index (χ1n) is 2.76. The highest BCUT2D eigenvalue weighted by Gasteiger charge is 1.90. The van der Waals surface area contributed by atoms with Crippen molar-refractivity contribution >= 4 is 22.9 Å². The summed E-state index contributed by atoms with van der Waals surface area (Å²) in [6.45, 7) is 0.396. The lowest BCUT2D eigenvalue weighted by atomic mass is 10.3. The summed E-state index contributed by atoms with van der Waals surface area (Å²) in [7, 11) is 0. The molecular formula is C7H6ClNS. The van der Waals surface area contributed by atoms with Crippen LogP contribution in [0.3, 0.4) is 0 Å². The van der Waals surface area contributed by atoms with E-state index in [0.717, 1.165) is 9.90 Å². The van der Waals surface area contributed by atoms with Crippen molar-refractivity contribution in [1.82, 2.24) is 0 Å². The van der Waals surface area contributed by atoms with Crippen LogP contribution in [0.1, 0.15) is 5.56 Å². The van der Waals surface area contributed by atoms with Gasteiger partial charge in [-0.05, 0) is 6.07 Å². The molecule has 0 fully saturated rings. The Kier molecular flexibility index (Phi) is 2.76. The summed E-state index contributed by atoms with van der Waals surface area (Å²) in [5, 5.41) is 1.91. The molecule has 0 aliphatic carbocycles. The van der Waals surface area contributed by atoms with Crippen molar-refractivity contribution in [2.45, 2.75) is 0 Å². The molecular weight excluding hydrogens is 166 g/mol. The van der Waals surface area contributed by atoms with Gasteiger partial charge in [0.25, 0.3) is 0 Å². The van der Waals surface area contributed by atoms with E-state index in [0.29, 0.717) is 6.54 Å². The van der Waals surface area contributed by atoms with E-state index in [9.17, 15) is 0 Å². The Bertz CT molecular complexity index is 269. The number of rotatable bonds is 0. The predicted octanol–water partition coefficient (Wildman–Crippen LogP) is 1.71. The molecule has 10 heavy (non-hydrogen) atoms. The maximum absolute atomic E-state index is 5.66. The monoisotopic (exact) mass is 171 g/mol. The Morgan fingerprint density at radius 1 is 1.70 bits per heavy atom. The van der Waals surface area contributed by atoms with E-state index in [2.05, 4.69) is 11.8 Å². The highest BCUT2D eigenvalue weighted by Crippen LogP contribution is 2.18. The van der Waals surface area contributed by atoms with Gasteiger partial charge in [0.05, 0.1) is 10.9 Å². The van der Waals surface area contributed by atoms with E-state index in [1.807, 2.05) is 11.4 Å². The zero-order valence-electron chi connectivity index (χ0n) is 5.23. The van der Waals surface area contributed by atoms with Crippen LogP contribution in [0, 0.1) is 11.8 Å². The topological polar surface area (TPSA) is 26.0 Å². The molecule has 0 radical (unpaired) electrons. The van der Waals surface area contributed by atoms with E-state index < -0.39 is 0 Å². The fraction of sp³-hybridized carbons (Fsp3) is 0.143. The molecule has 1 rings (SSSR count). The van der Waals surface area contributed by atoms with Crippen molar-refractivity contribution in [3.63, 3.8) is 0 Å². The molecule has 3 heteroatoms. The zero-order valence-corrected chi connectivity index (χ0v) is 6.80. The molecule has 1 nitrogen and oxygen atoms in total. The summed E-state index contributed by atoms with van der Waals surface area (Å²) in [6.07, 6.45) is 0. The average Bonchev–Trinajstić information content (AvgIpc) is 2.31. The van der Waals surface area contributed by atoms with Crippen LogP contribution in [0.5, 0.6) is 0 Å². The molecule has 0 aliphatic rings. The van der Waals surface area contributed by atoms with Crippen LogP contribution in [0.25, 0.3) is 0 Å². The molecule has 0 aromatic carbocycles. The lowest BCUT2D eigenvalue weighted by molar-refractivity contribution is 1.30. The summed E-state index contributed by atoms with van der Waals surface area (Å²) in [5.74, 6) is 5.62. The van der Waals surface area contributed by atoms with Gasteiger partial charge in [0, 0.05) is 10.9 Å². The van der Waals surface area contributed by atoms with Crippen LogP contribution in [-0.2, 0) is 0 Å². The quantitative estimate of drug-likeness (QED) is 0.591. The summed E-state index contributed by atoms with van der Waals surface area (Å²) in [6, 6.07) is 1.83. The Morgan fingerprint density at radius 2 is 2.50 bits per heavy atom. The van der Waals surface area contributed by atoms with E-state index in [1.165, 1.54) is 11.3 Å². The Morgan fingerprint density at radius 3 is 3.00 bits per heavy atom. The van der Waals surface area contributed by atoms with Gasteiger partial charge in [-0.15, -0.1) is 11.3 Å². The molecule has 0 saturated heterocycles. The SMILES string of the molecule is NCC#Cc1csc(Cl)c1. The third-order valence-corrected chi connectivity index (χ3v) is 1.99. The van der Waals surface area contributed by atoms with Gasteiger partial charge in [0.15, 0.2) is 0 Å². The van der Waals surface area contributed by atoms with Gasteiger partial charge in [0.1, 0.15) is 0 Å². The molecule has 0 aliphatic heterocycles. The normalized spacial score (nSPS) is 8.60. The highest BCUT2D eigenvalue weighted by atomic mass is 35.5. The van der Waals surface area contributed by atoms with Crippen LogP contribution in [0.2, 0.25) is 4.34 Å². The summed E-state index contributed by atoms with van der Waals surface area (Å²) in [4.78, 5) is 0. The predicted molar refractivity (Wildman–Crippen MR) is 45.3 cm³/mol. The summed E-state index contributed by atoms with van der Waals surface area (Å²) < 4.78 is 0.765. The van der Waals surface area contributed by atoms with Gasteiger partial charge in [-0.25, -0.2) is 0 Å². The molecule has 0 bridgehead atoms. The largest absolute Gasteiger partial charge is 0.320 e. The van der Waals surface area contributed by atoms with Gasteiger partial charge in [0.2, 0.25) is 0 Å². The van der Waals surface area contributed by atoms with Crippen molar-refractivity contribution in [3.05, 3.63) is 21.3 Å². The molecule has 0 atom stereocenters. The number of halogens is 1. The molecule has 0 spiro atoms. The first-order valence-corrected chi connectivity index (χ1v) is 4.01. The average molecular weight is 172 g/mol. The second-order valence-corrected chi connectivity index (χ2v) is 3.19. The molecule has 1 aromatic heterocycles. The van der Waals surface area contributed by atoms with Gasteiger partial charge < -0.3 is 5.73 Å². The van der Waals surface area contributed by atoms with Crippen LogP contribution in [0.4, 0.5) is 0 Å². The Balaban J connectivity index is 2.76. The van der Waals surface area contributed by atoms with E-state index in [1.54, 1.807) is 0 Å². The van der Waals surface area contributed by atoms with Crippen molar-refractivity contribution in [2.24, 2.45) is 5.73 Å². The summed E-state index contributed by atoms with van der Waals surface area (Å²) >= 11 is 7.14. The first kappa shape index (κ1) is 7.62. The standard InChI is InChI=1S/C7H6ClNS/c8-7-4-6(5-10-7)2-1-3-9/h4-5H,3,9H2. The molecule has 0 saturated carbocycles. The smallest absolute Gasteiger partial charge is 0.0941 e. The Labute approximate surface area is 68.8 Å². The Hall–Kier alpha value is -0.490. The first-order chi connectivity index (χ1) is 4.83. The molecule has 2 N–H and O–H groups in total. The maximum Gasteiger partial charge on any atom is 0.0941 e. The minimum absolute atomic E-state index is 0.396. The number of nitrogens with two attached hydrogens (primary N) is 1. The second-order valence-electron chi connectivity index (χ2n) is 1.65. The second kappa shape index (κ2) is 3.62. The van der Waals surface area contributed by atoms with Crippen LogP contribution >= 0.6 is 22.9 Å². The van der Waals surface area contributed by atoms with Gasteiger partial charge in [-0.1, -0.05) is 23.4 Å². The molecule has 1 heterocycles. The fourth-order valence-corrected chi connectivity index (χ4v) is 1.34. The number of thiophene rings is 1. The van der Waals surface area contributed by atoms with Gasteiger partial charge in [-0.2, -0.15) is 0 Å². The fourth-order valence-electron chi connectivity index (χ4n) is 0.529.